The van der Waals surface area contributed by atoms with Gasteiger partial charge >= 0.3 is 5.97 Å². The van der Waals surface area contributed by atoms with Gasteiger partial charge in [0.1, 0.15) is 0 Å². The van der Waals surface area contributed by atoms with Gasteiger partial charge in [0.05, 0.1) is 11.0 Å². The van der Waals surface area contributed by atoms with Crippen LogP contribution in [0, 0.1) is 5.41 Å². The summed E-state index contributed by atoms with van der Waals surface area (Å²) in [6.07, 6.45) is 0.619. The van der Waals surface area contributed by atoms with Crippen molar-refractivity contribution in [3.05, 3.63) is 29.8 Å². The molecular weight excluding hydrogens is 232 g/mol. The van der Waals surface area contributed by atoms with Crippen molar-refractivity contribution in [1.82, 2.24) is 0 Å². The maximum absolute atomic E-state index is 12.0. The van der Waals surface area contributed by atoms with Crippen molar-refractivity contribution >= 4 is 17.6 Å². The van der Waals surface area contributed by atoms with Gasteiger partial charge in [0.15, 0.2) is 0 Å². The quantitative estimate of drug-likeness (QED) is 0.741. The minimum Gasteiger partial charge on any atom is -0.478 e. The van der Waals surface area contributed by atoms with Crippen molar-refractivity contribution in [2.75, 3.05) is 11.9 Å². The second kappa shape index (κ2) is 5.64. The summed E-state index contributed by atoms with van der Waals surface area (Å²) in [6, 6.07) is 6.13. The minimum absolute atomic E-state index is 0.138. The van der Waals surface area contributed by atoms with E-state index in [2.05, 4.69) is 5.32 Å². The topological polar surface area (TPSA) is 92.4 Å². The van der Waals surface area contributed by atoms with Crippen molar-refractivity contribution in [2.24, 2.45) is 11.1 Å². The number of nitrogens with two attached hydrogens (primary N) is 1. The number of anilines is 1. The summed E-state index contributed by atoms with van der Waals surface area (Å²) in [5.74, 6) is -1.22. The zero-order chi connectivity index (χ0) is 13.8. The summed E-state index contributed by atoms with van der Waals surface area (Å²) in [7, 11) is 0. The van der Waals surface area contributed by atoms with E-state index in [0.717, 1.165) is 0 Å². The van der Waals surface area contributed by atoms with Crippen LogP contribution in [0.25, 0.3) is 0 Å². The lowest BCUT2D eigenvalue weighted by molar-refractivity contribution is -0.124. The van der Waals surface area contributed by atoms with Crippen LogP contribution in [0.15, 0.2) is 24.3 Å². The number of benzene rings is 1. The highest BCUT2D eigenvalue weighted by atomic mass is 16.4. The van der Waals surface area contributed by atoms with E-state index in [0.29, 0.717) is 12.1 Å². The first kappa shape index (κ1) is 14.2. The highest BCUT2D eigenvalue weighted by molar-refractivity contribution is 5.96. The molecule has 98 valence electrons. The Labute approximate surface area is 106 Å². The molecule has 0 spiro atoms. The lowest BCUT2D eigenvalue weighted by Gasteiger charge is -2.24. The number of carboxylic acids is 1. The summed E-state index contributed by atoms with van der Waals surface area (Å²) in [6.45, 7) is 3.91. The number of carbonyl (C=O) groups is 2. The van der Waals surface area contributed by atoms with Gasteiger partial charge in [-0.1, -0.05) is 13.0 Å². The number of rotatable bonds is 5. The largest absolute Gasteiger partial charge is 0.478 e. The third kappa shape index (κ3) is 3.07. The molecule has 1 aromatic carbocycles. The molecule has 0 aromatic heterocycles. The van der Waals surface area contributed by atoms with E-state index in [1.807, 2.05) is 6.92 Å². The lowest BCUT2D eigenvalue weighted by Crippen LogP contribution is -2.39. The second-order valence-electron chi connectivity index (χ2n) is 4.46. The lowest BCUT2D eigenvalue weighted by atomic mass is 9.86. The molecular formula is C13H18N2O3. The number of carbonyl (C=O) groups excluding carboxylic acids is 1. The smallest absolute Gasteiger partial charge is 0.335 e. The first-order valence-corrected chi connectivity index (χ1v) is 5.78. The maximum Gasteiger partial charge on any atom is 0.335 e. The molecule has 18 heavy (non-hydrogen) atoms. The van der Waals surface area contributed by atoms with Crippen LogP contribution in [0.2, 0.25) is 0 Å². The van der Waals surface area contributed by atoms with Gasteiger partial charge in [0.2, 0.25) is 5.91 Å². The molecule has 1 aromatic rings. The molecule has 1 unspecified atom stereocenters. The summed E-state index contributed by atoms with van der Waals surface area (Å²) < 4.78 is 0. The van der Waals surface area contributed by atoms with Crippen LogP contribution < -0.4 is 11.1 Å². The Bertz CT molecular complexity index is 453. The highest BCUT2D eigenvalue weighted by Crippen LogP contribution is 2.22. The molecule has 1 atom stereocenters. The fourth-order valence-electron chi connectivity index (χ4n) is 1.41. The van der Waals surface area contributed by atoms with Crippen molar-refractivity contribution in [2.45, 2.75) is 20.3 Å². The maximum atomic E-state index is 12.0. The minimum atomic E-state index is -1.02. The molecule has 5 heteroatoms. The van der Waals surface area contributed by atoms with Gasteiger partial charge in [-0.15, -0.1) is 0 Å². The molecule has 0 aliphatic heterocycles. The van der Waals surface area contributed by atoms with Gasteiger partial charge in [-0.25, -0.2) is 4.79 Å². The number of carboxylic acid groups (broad SMARTS) is 1. The van der Waals surface area contributed by atoms with Crippen LogP contribution in [0.5, 0.6) is 0 Å². The van der Waals surface area contributed by atoms with Crippen molar-refractivity contribution < 1.29 is 14.7 Å². The van der Waals surface area contributed by atoms with Crippen molar-refractivity contribution in [3.8, 4) is 0 Å². The molecule has 5 nitrogen and oxygen atoms in total. The fraction of sp³-hybridized carbons (Fsp3) is 0.385. The van der Waals surface area contributed by atoms with Gasteiger partial charge in [0, 0.05) is 12.2 Å². The average molecular weight is 250 g/mol. The Morgan fingerprint density at radius 1 is 1.44 bits per heavy atom. The van der Waals surface area contributed by atoms with Gasteiger partial charge < -0.3 is 16.2 Å². The third-order valence-electron chi connectivity index (χ3n) is 3.15. The molecule has 1 amide bonds. The second-order valence-corrected chi connectivity index (χ2v) is 4.46. The van der Waals surface area contributed by atoms with E-state index < -0.39 is 11.4 Å². The van der Waals surface area contributed by atoms with Gasteiger partial charge in [-0.05, 0) is 31.5 Å². The molecule has 0 fully saturated rings. The molecule has 0 bridgehead atoms. The van der Waals surface area contributed by atoms with E-state index in [1.54, 1.807) is 19.1 Å². The Kier molecular flexibility index (Phi) is 4.44. The monoisotopic (exact) mass is 250 g/mol. The SMILES string of the molecule is CCC(C)(CN)C(=O)Nc1cccc(C(=O)O)c1. The van der Waals surface area contributed by atoms with Gasteiger partial charge in [0.25, 0.3) is 0 Å². The molecule has 0 heterocycles. The first-order chi connectivity index (χ1) is 8.42. The fourth-order valence-corrected chi connectivity index (χ4v) is 1.41. The first-order valence-electron chi connectivity index (χ1n) is 5.78. The van der Waals surface area contributed by atoms with E-state index >= 15 is 0 Å². The normalized spacial score (nSPS) is 13.7. The summed E-state index contributed by atoms with van der Waals surface area (Å²) >= 11 is 0. The molecule has 1 rings (SSSR count). The Morgan fingerprint density at radius 2 is 2.11 bits per heavy atom. The van der Waals surface area contributed by atoms with E-state index in [-0.39, 0.29) is 18.0 Å². The third-order valence-corrected chi connectivity index (χ3v) is 3.15. The zero-order valence-corrected chi connectivity index (χ0v) is 10.6. The zero-order valence-electron chi connectivity index (χ0n) is 10.6. The summed E-state index contributed by atoms with van der Waals surface area (Å²) in [5, 5.41) is 11.6. The van der Waals surface area contributed by atoms with Crippen LogP contribution in [0.3, 0.4) is 0 Å². The molecule has 0 saturated carbocycles. The van der Waals surface area contributed by atoms with Crippen molar-refractivity contribution in [1.29, 1.82) is 0 Å². The highest BCUT2D eigenvalue weighted by Gasteiger charge is 2.29. The summed E-state index contributed by atoms with van der Waals surface area (Å²) in [4.78, 5) is 22.9. The molecule has 0 aliphatic rings. The molecule has 4 N–H and O–H groups in total. The van der Waals surface area contributed by atoms with Gasteiger partial charge in [-0.2, -0.15) is 0 Å². The van der Waals surface area contributed by atoms with Crippen molar-refractivity contribution in [3.63, 3.8) is 0 Å². The van der Waals surface area contributed by atoms with E-state index in [1.165, 1.54) is 12.1 Å². The number of hydrogen-bond donors (Lipinski definition) is 3. The van der Waals surface area contributed by atoms with Crippen LogP contribution in [-0.2, 0) is 4.79 Å². The standard InChI is InChI=1S/C13H18N2O3/c1-3-13(2,8-14)12(18)15-10-6-4-5-9(7-10)11(16)17/h4-7H,3,8,14H2,1-2H3,(H,15,18)(H,16,17). The Hall–Kier alpha value is -1.88. The van der Waals surface area contributed by atoms with E-state index in [4.69, 9.17) is 10.8 Å². The number of aromatic carboxylic acids is 1. The van der Waals surface area contributed by atoms with Crippen LogP contribution in [0.1, 0.15) is 30.6 Å². The predicted octanol–water partition coefficient (Wildman–Crippen LogP) is 1.70. The average Bonchev–Trinajstić information content (AvgIpc) is 2.38. The number of hydrogen-bond acceptors (Lipinski definition) is 3. The predicted molar refractivity (Wildman–Crippen MR) is 69.5 cm³/mol. The van der Waals surface area contributed by atoms with Crippen LogP contribution >= 0.6 is 0 Å². The van der Waals surface area contributed by atoms with Crippen LogP contribution in [0.4, 0.5) is 5.69 Å². The molecule has 0 radical (unpaired) electrons. The van der Waals surface area contributed by atoms with Gasteiger partial charge in [-0.3, -0.25) is 4.79 Å². The molecule has 0 aliphatic carbocycles. The molecule has 0 saturated heterocycles. The Morgan fingerprint density at radius 3 is 2.61 bits per heavy atom. The summed E-state index contributed by atoms with van der Waals surface area (Å²) in [5.41, 5.74) is 5.56. The number of amides is 1. The van der Waals surface area contributed by atoms with E-state index in [9.17, 15) is 9.59 Å². The Balaban J connectivity index is 2.88. The number of nitrogens with one attached hydrogen (secondary N) is 1. The van der Waals surface area contributed by atoms with Crippen LogP contribution in [-0.4, -0.2) is 23.5 Å².